The van der Waals surface area contributed by atoms with E-state index in [-0.39, 0.29) is 5.78 Å². The summed E-state index contributed by atoms with van der Waals surface area (Å²) in [6, 6.07) is 4.66. The van der Waals surface area contributed by atoms with E-state index in [9.17, 15) is 4.79 Å². The standard InChI is InChI=1S/C14H21NO3/c1-4-5-6-13(15)14(16)10-7-11(17-2)9-12(8-10)18-3/h7-9,13H,4-6,15H2,1-3H3. The Kier molecular flexibility index (Phi) is 5.65. The fraction of sp³-hybridized carbons (Fsp3) is 0.500. The van der Waals surface area contributed by atoms with E-state index >= 15 is 0 Å². The summed E-state index contributed by atoms with van der Waals surface area (Å²) < 4.78 is 10.3. The van der Waals surface area contributed by atoms with Crippen LogP contribution >= 0.6 is 0 Å². The molecule has 1 aromatic rings. The Morgan fingerprint density at radius 1 is 1.22 bits per heavy atom. The van der Waals surface area contributed by atoms with E-state index in [0.717, 1.165) is 12.8 Å². The monoisotopic (exact) mass is 251 g/mol. The largest absolute Gasteiger partial charge is 0.497 e. The number of methoxy groups -OCH3 is 2. The van der Waals surface area contributed by atoms with Crippen LogP contribution in [0.4, 0.5) is 0 Å². The number of carbonyl (C=O) groups excluding carboxylic acids is 1. The van der Waals surface area contributed by atoms with E-state index < -0.39 is 6.04 Å². The van der Waals surface area contributed by atoms with Crippen LogP contribution < -0.4 is 15.2 Å². The van der Waals surface area contributed by atoms with Gasteiger partial charge in [0.15, 0.2) is 5.78 Å². The molecule has 4 heteroatoms. The minimum Gasteiger partial charge on any atom is -0.497 e. The van der Waals surface area contributed by atoms with Crippen molar-refractivity contribution in [1.82, 2.24) is 0 Å². The summed E-state index contributed by atoms with van der Waals surface area (Å²) in [6.45, 7) is 2.08. The molecule has 0 heterocycles. The van der Waals surface area contributed by atoms with Crippen LogP contribution in [0.3, 0.4) is 0 Å². The van der Waals surface area contributed by atoms with E-state index in [1.54, 1.807) is 32.4 Å². The topological polar surface area (TPSA) is 61.6 Å². The van der Waals surface area contributed by atoms with Crippen LogP contribution in [-0.4, -0.2) is 26.0 Å². The number of Topliss-reactive ketones (excluding diaryl/α,β-unsaturated/α-hetero) is 1. The smallest absolute Gasteiger partial charge is 0.179 e. The number of ether oxygens (including phenoxy) is 2. The number of rotatable bonds is 7. The fourth-order valence-corrected chi connectivity index (χ4v) is 1.72. The Morgan fingerprint density at radius 2 is 1.78 bits per heavy atom. The van der Waals surface area contributed by atoms with Gasteiger partial charge in [0.2, 0.25) is 0 Å². The molecule has 0 radical (unpaired) electrons. The Labute approximate surface area is 108 Å². The molecule has 1 aromatic carbocycles. The third-order valence-electron chi connectivity index (χ3n) is 2.84. The van der Waals surface area contributed by atoms with Crippen molar-refractivity contribution in [2.45, 2.75) is 32.2 Å². The molecular weight excluding hydrogens is 230 g/mol. The molecule has 1 rings (SSSR count). The molecule has 0 aliphatic rings. The van der Waals surface area contributed by atoms with Crippen LogP contribution in [-0.2, 0) is 0 Å². The SMILES string of the molecule is CCCCC(N)C(=O)c1cc(OC)cc(OC)c1. The second-order valence-corrected chi connectivity index (χ2v) is 4.21. The molecule has 0 aliphatic carbocycles. The number of carbonyl (C=O) groups is 1. The molecule has 1 atom stereocenters. The van der Waals surface area contributed by atoms with Gasteiger partial charge in [-0.15, -0.1) is 0 Å². The van der Waals surface area contributed by atoms with E-state index in [1.165, 1.54) is 0 Å². The lowest BCUT2D eigenvalue weighted by molar-refractivity contribution is 0.0955. The predicted molar refractivity (Wildman–Crippen MR) is 71.4 cm³/mol. The number of unbranched alkanes of at least 4 members (excludes halogenated alkanes) is 1. The summed E-state index contributed by atoms with van der Waals surface area (Å²) in [6.07, 6.45) is 2.69. The number of benzene rings is 1. The number of hydrogen-bond donors (Lipinski definition) is 1. The molecule has 0 amide bonds. The average molecular weight is 251 g/mol. The summed E-state index contributed by atoms with van der Waals surface area (Å²) in [4.78, 5) is 12.2. The fourth-order valence-electron chi connectivity index (χ4n) is 1.72. The molecule has 0 spiro atoms. The van der Waals surface area contributed by atoms with E-state index in [1.807, 2.05) is 0 Å². The summed E-state index contributed by atoms with van der Waals surface area (Å²) in [5.41, 5.74) is 6.42. The third-order valence-corrected chi connectivity index (χ3v) is 2.84. The van der Waals surface area contributed by atoms with Gasteiger partial charge in [0.25, 0.3) is 0 Å². The predicted octanol–water partition coefficient (Wildman–Crippen LogP) is 2.40. The normalized spacial score (nSPS) is 12.0. The molecule has 100 valence electrons. The first-order chi connectivity index (χ1) is 8.62. The second kappa shape index (κ2) is 7.01. The zero-order valence-electron chi connectivity index (χ0n) is 11.2. The Bertz CT molecular complexity index is 382. The molecule has 0 saturated carbocycles. The van der Waals surface area contributed by atoms with Crippen LogP contribution in [0.25, 0.3) is 0 Å². The van der Waals surface area contributed by atoms with Gasteiger partial charge >= 0.3 is 0 Å². The highest BCUT2D eigenvalue weighted by molar-refractivity contribution is 6.00. The molecule has 0 bridgehead atoms. The zero-order chi connectivity index (χ0) is 13.5. The molecule has 1 unspecified atom stereocenters. The van der Waals surface area contributed by atoms with Crippen molar-refractivity contribution in [3.63, 3.8) is 0 Å². The zero-order valence-corrected chi connectivity index (χ0v) is 11.2. The molecular formula is C14H21NO3. The molecule has 0 aliphatic heterocycles. The van der Waals surface area contributed by atoms with Gasteiger partial charge in [-0.25, -0.2) is 0 Å². The third kappa shape index (κ3) is 3.74. The molecule has 18 heavy (non-hydrogen) atoms. The van der Waals surface area contributed by atoms with Crippen molar-refractivity contribution < 1.29 is 14.3 Å². The molecule has 0 aromatic heterocycles. The van der Waals surface area contributed by atoms with Gasteiger partial charge in [-0.3, -0.25) is 4.79 Å². The van der Waals surface area contributed by atoms with E-state index in [2.05, 4.69) is 6.92 Å². The van der Waals surface area contributed by atoms with Crippen molar-refractivity contribution >= 4 is 5.78 Å². The maximum atomic E-state index is 12.2. The lowest BCUT2D eigenvalue weighted by atomic mass is 10.00. The first-order valence-electron chi connectivity index (χ1n) is 6.15. The average Bonchev–Trinajstić information content (AvgIpc) is 2.43. The molecule has 0 fully saturated rings. The highest BCUT2D eigenvalue weighted by Crippen LogP contribution is 2.23. The van der Waals surface area contributed by atoms with E-state index in [0.29, 0.717) is 23.5 Å². The first-order valence-corrected chi connectivity index (χ1v) is 6.15. The van der Waals surface area contributed by atoms with Crippen LogP contribution in [0.1, 0.15) is 36.5 Å². The number of hydrogen-bond acceptors (Lipinski definition) is 4. The van der Waals surface area contributed by atoms with Crippen molar-refractivity contribution in [2.75, 3.05) is 14.2 Å². The Balaban J connectivity index is 2.90. The summed E-state index contributed by atoms with van der Waals surface area (Å²) in [5.74, 6) is 1.13. The van der Waals surface area contributed by atoms with Crippen molar-refractivity contribution in [3.8, 4) is 11.5 Å². The van der Waals surface area contributed by atoms with Crippen molar-refractivity contribution in [2.24, 2.45) is 5.73 Å². The highest BCUT2D eigenvalue weighted by Gasteiger charge is 2.17. The van der Waals surface area contributed by atoms with Crippen molar-refractivity contribution in [1.29, 1.82) is 0 Å². The first kappa shape index (κ1) is 14.5. The quantitative estimate of drug-likeness (QED) is 0.756. The molecule has 4 nitrogen and oxygen atoms in total. The minimum absolute atomic E-state index is 0.0688. The number of ketones is 1. The maximum absolute atomic E-state index is 12.2. The van der Waals surface area contributed by atoms with Gasteiger partial charge in [-0.1, -0.05) is 19.8 Å². The van der Waals surface area contributed by atoms with Gasteiger partial charge in [0.1, 0.15) is 11.5 Å². The van der Waals surface area contributed by atoms with Gasteiger partial charge in [0, 0.05) is 11.6 Å². The molecule has 0 saturated heterocycles. The highest BCUT2D eigenvalue weighted by atomic mass is 16.5. The summed E-state index contributed by atoms with van der Waals surface area (Å²) in [7, 11) is 3.11. The minimum atomic E-state index is -0.457. The van der Waals surface area contributed by atoms with Crippen LogP contribution in [0.2, 0.25) is 0 Å². The Morgan fingerprint density at radius 3 is 2.22 bits per heavy atom. The van der Waals surface area contributed by atoms with Crippen LogP contribution in [0, 0.1) is 0 Å². The van der Waals surface area contributed by atoms with Gasteiger partial charge in [-0.2, -0.15) is 0 Å². The van der Waals surface area contributed by atoms with Gasteiger partial charge in [0.05, 0.1) is 20.3 Å². The maximum Gasteiger partial charge on any atom is 0.179 e. The van der Waals surface area contributed by atoms with E-state index in [4.69, 9.17) is 15.2 Å². The van der Waals surface area contributed by atoms with Gasteiger partial charge in [-0.05, 0) is 18.6 Å². The van der Waals surface area contributed by atoms with Crippen LogP contribution in [0.15, 0.2) is 18.2 Å². The Hall–Kier alpha value is -1.55. The lowest BCUT2D eigenvalue weighted by Gasteiger charge is -2.12. The van der Waals surface area contributed by atoms with Crippen LogP contribution in [0.5, 0.6) is 11.5 Å². The summed E-state index contributed by atoms with van der Waals surface area (Å²) in [5, 5.41) is 0. The second-order valence-electron chi connectivity index (χ2n) is 4.21. The summed E-state index contributed by atoms with van der Waals surface area (Å²) >= 11 is 0. The molecule has 2 N–H and O–H groups in total. The van der Waals surface area contributed by atoms with Crippen molar-refractivity contribution in [3.05, 3.63) is 23.8 Å². The lowest BCUT2D eigenvalue weighted by Crippen LogP contribution is -2.30. The van der Waals surface area contributed by atoms with Gasteiger partial charge < -0.3 is 15.2 Å². The number of nitrogens with two attached hydrogens (primary N) is 1.